The molecule has 6 nitrogen and oxygen atoms in total. The van der Waals surface area contributed by atoms with E-state index in [1.807, 2.05) is 38.1 Å². The molecule has 0 unspecified atom stereocenters. The van der Waals surface area contributed by atoms with Crippen LogP contribution in [0.4, 0.5) is 5.69 Å². The van der Waals surface area contributed by atoms with Gasteiger partial charge >= 0.3 is 0 Å². The summed E-state index contributed by atoms with van der Waals surface area (Å²) in [5.74, 6) is 2.84. The predicted octanol–water partition coefficient (Wildman–Crippen LogP) is 4.01. The molecule has 0 radical (unpaired) electrons. The van der Waals surface area contributed by atoms with Crippen LogP contribution in [0.2, 0.25) is 0 Å². The molecule has 7 heteroatoms. The van der Waals surface area contributed by atoms with Crippen molar-refractivity contribution in [1.29, 1.82) is 0 Å². The number of hydrogen-bond donors (Lipinski definition) is 2. The summed E-state index contributed by atoms with van der Waals surface area (Å²) in [6.07, 6.45) is 1.81. The number of aliphatic imine (C=N–C) groups is 1. The van der Waals surface area contributed by atoms with Crippen molar-refractivity contribution < 1.29 is 14.2 Å². The van der Waals surface area contributed by atoms with E-state index >= 15 is 0 Å². The Bertz CT molecular complexity index is 811. The topological polar surface area (TPSA) is 78.1 Å². The Balaban J connectivity index is 0.00000280. The highest BCUT2D eigenvalue weighted by molar-refractivity contribution is 14.0. The third kappa shape index (κ3) is 5.92. The van der Waals surface area contributed by atoms with Crippen LogP contribution in [0.1, 0.15) is 25.0 Å². The van der Waals surface area contributed by atoms with Crippen LogP contribution in [0, 0.1) is 0 Å². The second-order valence-electron chi connectivity index (χ2n) is 6.21. The maximum absolute atomic E-state index is 6.07. The maximum atomic E-state index is 6.07. The number of ether oxygens (including phenoxy) is 3. The molecule has 1 aliphatic rings. The monoisotopic (exact) mass is 497 g/mol. The first kappa shape index (κ1) is 22.1. The maximum Gasteiger partial charge on any atom is 0.193 e. The summed E-state index contributed by atoms with van der Waals surface area (Å²) in [6, 6.07) is 11.9. The van der Waals surface area contributed by atoms with E-state index < -0.39 is 0 Å². The van der Waals surface area contributed by atoms with Gasteiger partial charge in [-0.3, -0.25) is 4.99 Å². The Morgan fingerprint density at radius 1 is 1.14 bits per heavy atom. The Morgan fingerprint density at radius 2 is 1.96 bits per heavy atom. The average molecular weight is 497 g/mol. The molecule has 0 saturated carbocycles. The number of halogens is 1. The largest absolute Gasteiger partial charge is 0.494 e. The molecule has 0 aliphatic carbocycles. The quantitative estimate of drug-likeness (QED) is 0.328. The van der Waals surface area contributed by atoms with Crippen LogP contribution in [0.5, 0.6) is 17.2 Å². The molecule has 3 N–H and O–H groups in total. The van der Waals surface area contributed by atoms with E-state index in [0.717, 1.165) is 42.4 Å². The highest BCUT2D eigenvalue weighted by Crippen LogP contribution is 2.29. The summed E-state index contributed by atoms with van der Waals surface area (Å²) in [7, 11) is 0. The first-order valence-electron chi connectivity index (χ1n) is 9.40. The number of nitrogens with one attached hydrogen (secondary N) is 1. The molecule has 2 aromatic carbocycles. The van der Waals surface area contributed by atoms with E-state index in [-0.39, 0.29) is 24.0 Å². The Morgan fingerprint density at radius 3 is 2.75 bits per heavy atom. The van der Waals surface area contributed by atoms with Crippen molar-refractivity contribution in [2.24, 2.45) is 10.7 Å². The molecule has 1 heterocycles. The lowest BCUT2D eigenvalue weighted by Gasteiger charge is -2.14. The van der Waals surface area contributed by atoms with E-state index in [2.05, 4.69) is 22.4 Å². The van der Waals surface area contributed by atoms with Crippen molar-refractivity contribution in [3.8, 4) is 17.2 Å². The molecule has 0 fully saturated rings. The smallest absolute Gasteiger partial charge is 0.193 e. The van der Waals surface area contributed by atoms with E-state index in [4.69, 9.17) is 19.9 Å². The molecule has 1 aliphatic heterocycles. The number of rotatable bonds is 8. The van der Waals surface area contributed by atoms with Gasteiger partial charge in [0.25, 0.3) is 0 Å². The number of nitrogens with two attached hydrogens (primary N) is 1. The second kappa shape index (κ2) is 11.0. The van der Waals surface area contributed by atoms with Gasteiger partial charge in [0, 0.05) is 19.0 Å². The van der Waals surface area contributed by atoms with E-state index in [9.17, 15) is 0 Å². The highest BCUT2D eigenvalue weighted by Gasteiger charge is 2.12. The van der Waals surface area contributed by atoms with E-state index in [0.29, 0.717) is 25.7 Å². The number of fused-ring (bicyclic) bond motifs is 1. The fraction of sp³-hybridized carbons (Fsp3) is 0.381. The molecule has 0 amide bonds. The van der Waals surface area contributed by atoms with Crippen molar-refractivity contribution in [2.75, 3.05) is 31.7 Å². The first-order valence-corrected chi connectivity index (χ1v) is 9.40. The van der Waals surface area contributed by atoms with Crippen molar-refractivity contribution in [2.45, 2.75) is 26.7 Å². The van der Waals surface area contributed by atoms with Gasteiger partial charge in [0.1, 0.15) is 17.2 Å². The zero-order valence-electron chi connectivity index (χ0n) is 16.4. The number of benzene rings is 2. The van der Waals surface area contributed by atoms with Crippen LogP contribution < -0.4 is 25.3 Å². The van der Waals surface area contributed by atoms with Gasteiger partial charge in [0.15, 0.2) is 5.96 Å². The van der Waals surface area contributed by atoms with Gasteiger partial charge in [-0.05, 0) is 49.6 Å². The molecule has 0 aromatic heterocycles. The Labute approximate surface area is 183 Å². The third-order valence-electron chi connectivity index (χ3n) is 4.26. The molecule has 28 heavy (non-hydrogen) atoms. The minimum atomic E-state index is 0. The van der Waals surface area contributed by atoms with Crippen molar-refractivity contribution >= 4 is 35.6 Å². The van der Waals surface area contributed by atoms with Gasteiger partial charge in [0.05, 0.1) is 25.5 Å². The fourth-order valence-corrected chi connectivity index (χ4v) is 3.02. The zero-order chi connectivity index (χ0) is 19.1. The molecule has 3 rings (SSSR count). The minimum absolute atomic E-state index is 0. The predicted molar refractivity (Wildman–Crippen MR) is 124 cm³/mol. The van der Waals surface area contributed by atoms with E-state index in [1.54, 1.807) is 0 Å². The number of guanidine groups is 1. The standard InChI is InChI=1S/C21H27N3O3.HI/c1-3-25-17-6-8-20(26-4-2)18(14-17)24-21(22)23-11-9-15-5-7-19-16(13-15)10-12-27-19;/h5-8,13-14H,3-4,9-12H2,1-2H3,(H3,22,23,24);1H. The summed E-state index contributed by atoms with van der Waals surface area (Å²) in [6.45, 7) is 6.44. The Kier molecular flexibility index (Phi) is 8.69. The number of anilines is 1. The van der Waals surface area contributed by atoms with Crippen molar-refractivity contribution in [3.05, 3.63) is 47.5 Å². The summed E-state index contributed by atoms with van der Waals surface area (Å²) < 4.78 is 16.7. The first-order chi connectivity index (χ1) is 13.2. The third-order valence-corrected chi connectivity index (χ3v) is 4.26. The van der Waals surface area contributed by atoms with Gasteiger partial charge in [-0.2, -0.15) is 0 Å². The molecule has 0 bridgehead atoms. The molecule has 0 atom stereocenters. The lowest BCUT2D eigenvalue weighted by Crippen LogP contribution is -2.23. The van der Waals surface area contributed by atoms with Gasteiger partial charge in [-0.15, -0.1) is 24.0 Å². The zero-order valence-corrected chi connectivity index (χ0v) is 18.7. The molecule has 0 saturated heterocycles. The number of nitrogens with zero attached hydrogens (tertiary/aromatic N) is 1. The molecule has 152 valence electrons. The van der Waals surface area contributed by atoms with Crippen molar-refractivity contribution in [1.82, 2.24) is 0 Å². The summed E-state index contributed by atoms with van der Waals surface area (Å²) in [5.41, 5.74) is 9.34. The minimum Gasteiger partial charge on any atom is -0.494 e. The van der Waals surface area contributed by atoms with Gasteiger partial charge in [-0.1, -0.05) is 12.1 Å². The molecular weight excluding hydrogens is 469 g/mol. The van der Waals surface area contributed by atoms with E-state index in [1.165, 1.54) is 11.1 Å². The summed E-state index contributed by atoms with van der Waals surface area (Å²) in [5, 5.41) is 3.12. The van der Waals surface area contributed by atoms with Crippen LogP contribution in [-0.2, 0) is 12.8 Å². The summed E-state index contributed by atoms with van der Waals surface area (Å²) in [4.78, 5) is 4.44. The summed E-state index contributed by atoms with van der Waals surface area (Å²) >= 11 is 0. The van der Waals surface area contributed by atoms with Crippen LogP contribution >= 0.6 is 24.0 Å². The lowest BCUT2D eigenvalue weighted by atomic mass is 10.1. The SMILES string of the molecule is CCOc1ccc(OCC)c(NC(N)=NCCc2ccc3c(c2)CCO3)c1.I. The van der Waals surface area contributed by atoms with Gasteiger partial charge in [-0.25, -0.2) is 0 Å². The van der Waals surface area contributed by atoms with Gasteiger partial charge in [0.2, 0.25) is 0 Å². The molecule has 2 aromatic rings. The second-order valence-corrected chi connectivity index (χ2v) is 6.21. The lowest BCUT2D eigenvalue weighted by molar-refractivity contribution is 0.332. The fourth-order valence-electron chi connectivity index (χ4n) is 3.02. The normalized spacial score (nSPS) is 12.6. The average Bonchev–Trinajstić information content (AvgIpc) is 3.12. The van der Waals surface area contributed by atoms with Crippen LogP contribution in [0.15, 0.2) is 41.4 Å². The van der Waals surface area contributed by atoms with Crippen molar-refractivity contribution in [3.63, 3.8) is 0 Å². The molecule has 0 spiro atoms. The van der Waals surface area contributed by atoms with Crippen LogP contribution in [0.3, 0.4) is 0 Å². The van der Waals surface area contributed by atoms with Gasteiger partial charge < -0.3 is 25.3 Å². The van der Waals surface area contributed by atoms with Crippen LogP contribution in [0.25, 0.3) is 0 Å². The van der Waals surface area contributed by atoms with Crippen LogP contribution in [-0.4, -0.2) is 32.3 Å². The highest BCUT2D eigenvalue weighted by atomic mass is 127. The number of hydrogen-bond acceptors (Lipinski definition) is 4. The molecular formula is C21H28IN3O3. The Hall–Kier alpha value is -2.16.